The summed E-state index contributed by atoms with van der Waals surface area (Å²) in [7, 11) is 0. The molecule has 0 unspecified atom stereocenters. The molecule has 0 spiro atoms. The van der Waals surface area contributed by atoms with E-state index in [0.717, 1.165) is 0 Å². The predicted octanol–water partition coefficient (Wildman–Crippen LogP) is 2.75. The summed E-state index contributed by atoms with van der Waals surface area (Å²) in [6, 6.07) is 0. The van der Waals surface area contributed by atoms with Crippen molar-refractivity contribution in [2.24, 2.45) is 0 Å². The maximum absolute atomic E-state index is 4.08. The SMILES string of the molecule is C.C[S-].C[S-].[Au].[Au].[Au].[Au].[CH3+].[CH3+].[CH3+].[CH3+]. The van der Waals surface area contributed by atoms with Crippen molar-refractivity contribution in [2.75, 3.05) is 12.5 Å². The van der Waals surface area contributed by atoms with Crippen molar-refractivity contribution in [3.05, 3.63) is 29.7 Å². The van der Waals surface area contributed by atoms with Crippen LogP contribution in [-0.4, -0.2) is 12.5 Å². The Bertz CT molecular complexity index is 18.5. The van der Waals surface area contributed by atoms with Crippen LogP contribution in [0.25, 0.3) is 0 Å². The van der Waals surface area contributed by atoms with Gasteiger partial charge in [0, 0.05) is 119 Å². The molecule has 0 amide bonds. The van der Waals surface area contributed by atoms with Crippen LogP contribution in [0.3, 0.4) is 0 Å². The van der Waals surface area contributed by atoms with Crippen molar-refractivity contribution < 1.29 is 89.5 Å². The molecule has 0 saturated carbocycles. The van der Waals surface area contributed by atoms with Gasteiger partial charge in [0.15, 0.2) is 0 Å². The van der Waals surface area contributed by atoms with E-state index in [0.29, 0.717) is 0 Å². The molecule has 4 radical (unpaired) electrons. The third kappa shape index (κ3) is 265. The minimum atomic E-state index is 0. The van der Waals surface area contributed by atoms with Gasteiger partial charge in [-0.25, -0.2) is 0 Å². The third-order valence-electron chi connectivity index (χ3n) is 0. The Hall–Kier alpha value is 3.14. The second-order valence-corrected chi connectivity index (χ2v) is 0. The molecular formula is C7H22Au4S2+2. The first-order valence-electron chi connectivity index (χ1n) is 0.816. The largest absolute Gasteiger partial charge is 0.796 e. The van der Waals surface area contributed by atoms with Crippen molar-refractivity contribution >= 4 is 25.3 Å². The zero-order valence-electron chi connectivity index (χ0n) is 8.02. The van der Waals surface area contributed by atoms with E-state index in [1.165, 1.54) is 0 Å². The second-order valence-electron chi connectivity index (χ2n) is 0. The molecule has 0 aromatic heterocycles. The smallest absolute Gasteiger partial charge is 0.0467 e. The maximum Gasteiger partial charge on any atom is 0.0467 e. The standard InChI is InChI=1S/2CH4S.CH4.4CH3.4Au/c2*1-2;;;;;;;;;/h2*2H,1H3;1H4;4*1H3;;;;/q;;;4*+1;;;;/p-2. The van der Waals surface area contributed by atoms with E-state index in [9.17, 15) is 0 Å². The van der Waals surface area contributed by atoms with Gasteiger partial charge in [-0.3, -0.25) is 0 Å². The Kier molecular flexibility index (Phi) is 3300. The Morgan fingerprint density at radius 3 is 0.462 bits per heavy atom. The second kappa shape index (κ2) is 307. The van der Waals surface area contributed by atoms with Crippen LogP contribution < -0.4 is 0 Å². The van der Waals surface area contributed by atoms with Crippen LogP contribution in [0.4, 0.5) is 0 Å². The van der Waals surface area contributed by atoms with E-state index in [4.69, 9.17) is 0 Å². The van der Waals surface area contributed by atoms with E-state index in [1.807, 2.05) is 0 Å². The van der Waals surface area contributed by atoms with Crippen molar-refractivity contribution in [3.8, 4) is 0 Å². The van der Waals surface area contributed by atoms with Crippen LogP contribution in [-0.2, 0) is 115 Å². The summed E-state index contributed by atoms with van der Waals surface area (Å²) in [4.78, 5) is 0. The molecule has 0 bridgehead atoms. The molecule has 0 aliphatic heterocycles. The van der Waals surface area contributed by atoms with Crippen LogP contribution in [0.1, 0.15) is 7.43 Å². The Labute approximate surface area is 162 Å². The zero-order valence-corrected chi connectivity index (χ0v) is 18.3. The predicted molar refractivity (Wildman–Crippen MR) is 59.0 cm³/mol. The average molecular weight is 958 g/mol. The summed E-state index contributed by atoms with van der Waals surface area (Å²) >= 11 is 8.17. The van der Waals surface area contributed by atoms with Crippen molar-refractivity contribution in [3.63, 3.8) is 0 Å². The van der Waals surface area contributed by atoms with Gasteiger partial charge in [-0.15, -0.1) is 0 Å². The van der Waals surface area contributed by atoms with E-state index in [-0.39, 0.29) is 127 Å². The molecule has 0 rings (SSSR count). The number of hydrogen-bond acceptors (Lipinski definition) is 2. The molecule has 0 aromatic carbocycles. The van der Waals surface area contributed by atoms with Crippen molar-refractivity contribution in [1.29, 1.82) is 0 Å². The normalized spacial score (nSPS) is 0.923. The van der Waals surface area contributed by atoms with E-state index >= 15 is 0 Å². The summed E-state index contributed by atoms with van der Waals surface area (Å²) in [5.74, 6) is 0. The molecule has 0 atom stereocenters. The third-order valence-corrected chi connectivity index (χ3v) is 0. The van der Waals surface area contributed by atoms with E-state index in [1.54, 1.807) is 12.5 Å². The van der Waals surface area contributed by atoms with Gasteiger partial charge in [-0.1, -0.05) is 7.43 Å². The Morgan fingerprint density at radius 1 is 0.462 bits per heavy atom. The molecule has 0 heterocycles. The van der Waals surface area contributed by atoms with Gasteiger partial charge < -0.3 is 25.3 Å². The average Bonchev–Trinajstić information content (AvgIpc) is 1.50. The Balaban J connectivity index is -0.000000000404. The minimum absolute atomic E-state index is 0. The summed E-state index contributed by atoms with van der Waals surface area (Å²) in [5, 5.41) is 0. The van der Waals surface area contributed by atoms with Gasteiger partial charge in [-0.2, -0.15) is 12.5 Å². The summed E-state index contributed by atoms with van der Waals surface area (Å²) in [6.45, 7) is 0. The molecule has 6 heteroatoms. The molecular weight excluding hydrogens is 936 g/mol. The van der Waals surface area contributed by atoms with Gasteiger partial charge in [-0.05, 0) is 0 Å². The molecule has 0 nitrogen and oxygen atoms in total. The molecule has 0 aromatic rings. The maximum atomic E-state index is 4.08. The van der Waals surface area contributed by atoms with Crippen LogP contribution in [0, 0.1) is 29.7 Å². The fourth-order valence-electron chi connectivity index (χ4n) is 0. The first kappa shape index (κ1) is 140. The van der Waals surface area contributed by atoms with Gasteiger partial charge in [0.1, 0.15) is 0 Å². The monoisotopic (exact) mass is 958 g/mol. The van der Waals surface area contributed by atoms with Gasteiger partial charge in [0.05, 0.1) is 0 Å². The first-order chi connectivity index (χ1) is 2.00. The number of hydrogen-bond donors (Lipinski definition) is 0. The van der Waals surface area contributed by atoms with Gasteiger partial charge >= 0.3 is 0 Å². The summed E-state index contributed by atoms with van der Waals surface area (Å²) in [5.41, 5.74) is 0. The topological polar surface area (TPSA) is 0 Å². The molecule has 0 N–H and O–H groups in total. The zero-order chi connectivity index (χ0) is 4.00. The molecule has 0 fully saturated rings. The number of rotatable bonds is 0. The minimum Gasteiger partial charge on any atom is -0.796 e. The quantitative estimate of drug-likeness (QED) is 0.209. The Morgan fingerprint density at radius 2 is 0.462 bits per heavy atom. The molecule has 0 aliphatic carbocycles. The molecule has 0 aliphatic rings. The van der Waals surface area contributed by atoms with Gasteiger partial charge in [0.25, 0.3) is 0 Å². The fourth-order valence-corrected chi connectivity index (χ4v) is 0. The van der Waals surface area contributed by atoms with Crippen molar-refractivity contribution in [1.82, 2.24) is 0 Å². The van der Waals surface area contributed by atoms with Crippen LogP contribution in [0.2, 0.25) is 0 Å². The summed E-state index contributed by atoms with van der Waals surface area (Å²) < 4.78 is 0. The van der Waals surface area contributed by atoms with Crippen LogP contribution in [0.15, 0.2) is 0 Å². The van der Waals surface area contributed by atoms with Crippen LogP contribution >= 0.6 is 0 Å². The first-order valence-corrected chi connectivity index (χ1v) is 2.45. The van der Waals surface area contributed by atoms with Crippen molar-refractivity contribution in [2.45, 2.75) is 7.43 Å². The molecule has 104 valence electrons. The molecule has 0 saturated heterocycles. The van der Waals surface area contributed by atoms with E-state index < -0.39 is 0 Å². The molecule has 13 heavy (non-hydrogen) atoms. The summed E-state index contributed by atoms with van der Waals surface area (Å²) in [6.07, 6.45) is 3.17. The fraction of sp³-hybridized carbons (Fsp3) is 0.429. The van der Waals surface area contributed by atoms with Gasteiger partial charge in [0.2, 0.25) is 0 Å². The van der Waals surface area contributed by atoms with E-state index in [2.05, 4.69) is 25.3 Å². The van der Waals surface area contributed by atoms with Crippen LogP contribution in [0.5, 0.6) is 0 Å².